The van der Waals surface area contributed by atoms with Crippen molar-refractivity contribution in [2.24, 2.45) is 0 Å². The summed E-state index contributed by atoms with van der Waals surface area (Å²) in [6.07, 6.45) is 1.39. The van der Waals surface area contributed by atoms with E-state index in [-0.39, 0.29) is 10.7 Å². The van der Waals surface area contributed by atoms with Gasteiger partial charge in [0.2, 0.25) is 5.88 Å². The molecule has 0 aromatic carbocycles. The van der Waals surface area contributed by atoms with Gasteiger partial charge in [-0.2, -0.15) is 0 Å². The number of pyridine rings is 1. The van der Waals surface area contributed by atoms with Crippen LogP contribution < -0.4 is 10.3 Å². The van der Waals surface area contributed by atoms with E-state index in [1.807, 2.05) is 12.1 Å². The highest BCUT2D eigenvalue weighted by Crippen LogP contribution is 2.07. The maximum absolute atomic E-state index is 11.6. The van der Waals surface area contributed by atoms with Gasteiger partial charge < -0.3 is 4.74 Å². The fourth-order valence-corrected chi connectivity index (χ4v) is 1.49. The Balaban J connectivity index is 2.28. The molecule has 0 saturated heterocycles. The first kappa shape index (κ1) is 11.6. The summed E-state index contributed by atoms with van der Waals surface area (Å²) in [5, 5.41) is 0.185. The average molecular weight is 252 g/mol. The molecule has 0 aliphatic rings. The first-order valence-corrected chi connectivity index (χ1v) is 5.29. The van der Waals surface area contributed by atoms with Crippen LogP contribution in [0.1, 0.15) is 5.69 Å². The van der Waals surface area contributed by atoms with Crippen LogP contribution in [-0.2, 0) is 6.54 Å². The SMILES string of the molecule is COc1cccc(Cn2cnc(Cl)cc2=O)n1. The summed E-state index contributed by atoms with van der Waals surface area (Å²) >= 11 is 5.61. The summed E-state index contributed by atoms with van der Waals surface area (Å²) in [6.45, 7) is 0.334. The van der Waals surface area contributed by atoms with Gasteiger partial charge in [0.25, 0.3) is 5.56 Å². The van der Waals surface area contributed by atoms with Gasteiger partial charge in [-0.15, -0.1) is 0 Å². The van der Waals surface area contributed by atoms with Crippen LogP contribution in [0.15, 0.2) is 35.4 Å². The minimum atomic E-state index is -0.213. The molecule has 5 nitrogen and oxygen atoms in total. The van der Waals surface area contributed by atoms with Crippen LogP contribution >= 0.6 is 11.6 Å². The van der Waals surface area contributed by atoms with E-state index in [4.69, 9.17) is 16.3 Å². The third-order valence-corrected chi connectivity index (χ3v) is 2.38. The lowest BCUT2D eigenvalue weighted by Crippen LogP contribution is -2.20. The summed E-state index contributed by atoms with van der Waals surface area (Å²) < 4.78 is 6.43. The Morgan fingerprint density at radius 3 is 3.00 bits per heavy atom. The van der Waals surface area contributed by atoms with Crippen LogP contribution in [0.2, 0.25) is 5.15 Å². The van der Waals surface area contributed by atoms with Crippen molar-refractivity contribution in [3.05, 3.63) is 51.8 Å². The Hall–Kier alpha value is -1.88. The molecule has 17 heavy (non-hydrogen) atoms. The molecule has 0 bridgehead atoms. The van der Waals surface area contributed by atoms with E-state index in [0.29, 0.717) is 12.4 Å². The molecule has 0 atom stereocenters. The highest BCUT2D eigenvalue weighted by atomic mass is 35.5. The van der Waals surface area contributed by atoms with Gasteiger partial charge in [-0.1, -0.05) is 17.7 Å². The molecular weight excluding hydrogens is 242 g/mol. The van der Waals surface area contributed by atoms with Crippen molar-refractivity contribution in [3.63, 3.8) is 0 Å². The number of hydrogen-bond donors (Lipinski definition) is 0. The molecule has 0 unspecified atom stereocenters. The molecule has 0 spiro atoms. The van der Waals surface area contributed by atoms with Crippen molar-refractivity contribution >= 4 is 11.6 Å². The second kappa shape index (κ2) is 4.97. The fraction of sp³-hybridized carbons (Fsp3) is 0.182. The number of rotatable bonds is 3. The normalized spacial score (nSPS) is 10.2. The Morgan fingerprint density at radius 1 is 1.47 bits per heavy atom. The van der Waals surface area contributed by atoms with Gasteiger partial charge in [0.15, 0.2) is 0 Å². The quantitative estimate of drug-likeness (QED) is 0.773. The zero-order chi connectivity index (χ0) is 12.3. The largest absolute Gasteiger partial charge is 0.481 e. The Labute approximate surface area is 103 Å². The third-order valence-electron chi connectivity index (χ3n) is 2.17. The highest BCUT2D eigenvalue weighted by molar-refractivity contribution is 6.29. The Kier molecular flexibility index (Phi) is 3.39. The molecule has 2 rings (SSSR count). The standard InChI is InChI=1S/C11H10ClN3O2/c1-17-10-4-2-3-8(14-10)6-15-7-13-9(12)5-11(15)16/h2-5,7H,6H2,1H3. The molecule has 2 aromatic rings. The molecule has 88 valence electrons. The van der Waals surface area contributed by atoms with E-state index in [0.717, 1.165) is 5.69 Å². The molecule has 0 radical (unpaired) electrons. The van der Waals surface area contributed by atoms with Crippen LogP contribution in [0, 0.1) is 0 Å². The predicted octanol–water partition coefficient (Wildman–Crippen LogP) is 1.35. The minimum absolute atomic E-state index is 0.185. The Morgan fingerprint density at radius 2 is 2.29 bits per heavy atom. The zero-order valence-electron chi connectivity index (χ0n) is 9.13. The van der Waals surface area contributed by atoms with Crippen molar-refractivity contribution in [1.82, 2.24) is 14.5 Å². The topological polar surface area (TPSA) is 57.0 Å². The number of ether oxygens (including phenoxy) is 1. The van der Waals surface area contributed by atoms with Crippen molar-refractivity contribution in [2.45, 2.75) is 6.54 Å². The molecule has 0 N–H and O–H groups in total. The molecule has 0 saturated carbocycles. The molecule has 2 heterocycles. The monoisotopic (exact) mass is 251 g/mol. The molecule has 0 fully saturated rings. The van der Waals surface area contributed by atoms with Gasteiger partial charge in [0.1, 0.15) is 5.15 Å². The van der Waals surface area contributed by atoms with Crippen molar-refractivity contribution in [2.75, 3.05) is 7.11 Å². The lowest BCUT2D eigenvalue weighted by atomic mass is 10.3. The summed E-state index contributed by atoms with van der Waals surface area (Å²) in [7, 11) is 1.54. The predicted molar refractivity (Wildman–Crippen MR) is 63.4 cm³/mol. The van der Waals surface area contributed by atoms with E-state index in [1.54, 1.807) is 13.2 Å². The van der Waals surface area contributed by atoms with Crippen molar-refractivity contribution in [1.29, 1.82) is 0 Å². The maximum atomic E-state index is 11.6. The second-order valence-corrected chi connectivity index (χ2v) is 3.74. The van der Waals surface area contributed by atoms with Gasteiger partial charge in [0, 0.05) is 12.1 Å². The van der Waals surface area contributed by atoms with E-state index in [2.05, 4.69) is 9.97 Å². The third kappa shape index (κ3) is 2.82. The smallest absolute Gasteiger partial charge is 0.255 e. The number of hydrogen-bond acceptors (Lipinski definition) is 4. The summed E-state index contributed by atoms with van der Waals surface area (Å²) in [4.78, 5) is 19.6. The molecule has 6 heteroatoms. The van der Waals surface area contributed by atoms with Gasteiger partial charge in [0.05, 0.1) is 25.7 Å². The Bertz CT molecular complexity index is 583. The lowest BCUT2D eigenvalue weighted by Gasteiger charge is -2.05. The zero-order valence-corrected chi connectivity index (χ0v) is 9.89. The lowest BCUT2D eigenvalue weighted by molar-refractivity contribution is 0.395. The molecule has 0 amide bonds. The summed E-state index contributed by atoms with van der Waals surface area (Å²) in [6, 6.07) is 6.63. The first-order valence-electron chi connectivity index (χ1n) is 4.91. The van der Waals surface area contributed by atoms with E-state index < -0.39 is 0 Å². The van der Waals surface area contributed by atoms with Gasteiger partial charge in [-0.05, 0) is 6.07 Å². The van der Waals surface area contributed by atoms with Gasteiger partial charge >= 0.3 is 0 Å². The number of nitrogens with zero attached hydrogens (tertiary/aromatic N) is 3. The average Bonchev–Trinajstić information content (AvgIpc) is 2.33. The highest BCUT2D eigenvalue weighted by Gasteiger charge is 2.02. The van der Waals surface area contributed by atoms with Crippen molar-refractivity contribution < 1.29 is 4.74 Å². The van der Waals surface area contributed by atoms with Crippen LogP contribution in [0.4, 0.5) is 0 Å². The summed E-state index contributed by atoms with van der Waals surface area (Å²) in [5.74, 6) is 0.512. The number of halogens is 1. The first-order chi connectivity index (χ1) is 8.19. The van der Waals surface area contributed by atoms with Crippen LogP contribution in [0.5, 0.6) is 5.88 Å². The van der Waals surface area contributed by atoms with E-state index >= 15 is 0 Å². The van der Waals surface area contributed by atoms with E-state index in [9.17, 15) is 4.79 Å². The molecular formula is C11H10ClN3O2. The fourth-order valence-electron chi connectivity index (χ4n) is 1.36. The molecule has 0 aliphatic carbocycles. The van der Waals surface area contributed by atoms with Crippen LogP contribution in [-0.4, -0.2) is 21.6 Å². The van der Waals surface area contributed by atoms with Gasteiger partial charge in [-0.3, -0.25) is 9.36 Å². The number of aromatic nitrogens is 3. The van der Waals surface area contributed by atoms with Crippen LogP contribution in [0.25, 0.3) is 0 Å². The number of methoxy groups -OCH3 is 1. The van der Waals surface area contributed by atoms with Gasteiger partial charge in [-0.25, -0.2) is 9.97 Å². The molecule has 0 aliphatic heterocycles. The maximum Gasteiger partial charge on any atom is 0.255 e. The van der Waals surface area contributed by atoms with Crippen molar-refractivity contribution in [3.8, 4) is 5.88 Å². The van der Waals surface area contributed by atoms with Crippen LogP contribution in [0.3, 0.4) is 0 Å². The summed E-state index contributed by atoms with van der Waals surface area (Å²) in [5.41, 5.74) is 0.505. The second-order valence-electron chi connectivity index (χ2n) is 3.35. The minimum Gasteiger partial charge on any atom is -0.481 e. The molecule has 2 aromatic heterocycles. The van der Waals surface area contributed by atoms with E-state index in [1.165, 1.54) is 17.0 Å².